The van der Waals surface area contributed by atoms with Gasteiger partial charge < -0.3 is 19.1 Å². The summed E-state index contributed by atoms with van der Waals surface area (Å²) in [4.78, 5) is 4.60. The van der Waals surface area contributed by atoms with E-state index < -0.39 is 0 Å². The number of benzene rings is 1. The van der Waals surface area contributed by atoms with Crippen LogP contribution in [0.1, 0.15) is 31.0 Å². The zero-order valence-electron chi connectivity index (χ0n) is 14.3. The smallest absolute Gasteiger partial charge is 0.201 e. The van der Waals surface area contributed by atoms with Crippen molar-refractivity contribution in [2.75, 3.05) is 33.0 Å². The van der Waals surface area contributed by atoms with Crippen molar-refractivity contribution in [3.05, 3.63) is 29.3 Å². The Kier molecular flexibility index (Phi) is 4.06. The summed E-state index contributed by atoms with van der Waals surface area (Å²) in [5.41, 5.74) is 4.03. The van der Waals surface area contributed by atoms with Crippen LogP contribution < -0.4 is 0 Å². The van der Waals surface area contributed by atoms with Crippen LogP contribution in [0.4, 0.5) is 0 Å². The lowest BCUT2D eigenvalue weighted by Gasteiger charge is -2.25. The number of aromatic nitrogens is 1. The fourth-order valence-corrected chi connectivity index (χ4v) is 3.63. The van der Waals surface area contributed by atoms with Crippen LogP contribution in [0.15, 0.2) is 23.2 Å². The monoisotopic (exact) mass is 328 g/mol. The molecule has 0 spiro atoms. The van der Waals surface area contributed by atoms with E-state index in [4.69, 9.17) is 9.47 Å². The molecule has 1 saturated heterocycles. The molecule has 0 saturated carbocycles. The molecular weight excluding hydrogens is 304 g/mol. The largest absolute Gasteiger partial charge is 0.494 e. The second kappa shape index (κ2) is 6.22. The molecule has 0 aliphatic carbocycles. The molecular formula is C19H24N2O3. The Morgan fingerprint density at radius 3 is 2.75 bits per heavy atom. The number of aromatic hydroxyl groups is 1. The van der Waals surface area contributed by atoms with E-state index in [-0.39, 0.29) is 6.04 Å². The Bertz CT molecular complexity index is 787. The molecule has 2 aliphatic rings. The van der Waals surface area contributed by atoms with Gasteiger partial charge >= 0.3 is 0 Å². The molecule has 0 amide bonds. The highest BCUT2D eigenvalue weighted by molar-refractivity contribution is 6.14. The van der Waals surface area contributed by atoms with Gasteiger partial charge in [0.05, 0.1) is 49.8 Å². The summed E-state index contributed by atoms with van der Waals surface area (Å²) in [5.74, 6) is 0.912. The molecule has 1 N–H and O–H groups in total. The van der Waals surface area contributed by atoms with Gasteiger partial charge in [0.2, 0.25) is 5.88 Å². The van der Waals surface area contributed by atoms with E-state index in [1.165, 1.54) is 5.56 Å². The first kappa shape index (κ1) is 15.7. The SMILES string of the molecule is CC(C)n1c(O)c(C2=NCCOC2)c2cc(CC3COC3)ccc21. The highest BCUT2D eigenvalue weighted by atomic mass is 16.5. The number of ether oxygens (including phenoxy) is 2. The minimum Gasteiger partial charge on any atom is -0.494 e. The molecule has 1 aromatic heterocycles. The fraction of sp³-hybridized carbons (Fsp3) is 0.526. The maximum Gasteiger partial charge on any atom is 0.201 e. The molecule has 2 aliphatic heterocycles. The van der Waals surface area contributed by atoms with E-state index in [0.717, 1.165) is 41.8 Å². The minimum atomic E-state index is 0.178. The van der Waals surface area contributed by atoms with Gasteiger partial charge in [-0.1, -0.05) is 6.07 Å². The highest BCUT2D eigenvalue weighted by Gasteiger charge is 2.25. The van der Waals surface area contributed by atoms with Crippen molar-refractivity contribution in [1.82, 2.24) is 4.57 Å². The van der Waals surface area contributed by atoms with Crippen LogP contribution in [0.5, 0.6) is 5.88 Å². The number of hydrogen-bond acceptors (Lipinski definition) is 4. The third kappa shape index (κ3) is 2.62. The van der Waals surface area contributed by atoms with E-state index in [1.54, 1.807) is 0 Å². The molecule has 3 heterocycles. The molecule has 24 heavy (non-hydrogen) atoms. The van der Waals surface area contributed by atoms with Crippen molar-refractivity contribution in [1.29, 1.82) is 0 Å². The number of rotatable bonds is 4. The maximum absolute atomic E-state index is 10.9. The molecule has 0 radical (unpaired) electrons. The van der Waals surface area contributed by atoms with Gasteiger partial charge in [0.25, 0.3) is 0 Å². The molecule has 1 fully saturated rings. The fourth-order valence-electron chi connectivity index (χ4n) is 3.63. The average Bonchev–Trinajstić information content (AvgIpc) is 2.83. The lowest BCUT2D eigenvalue weighted by Crippen LogP contribution is -2.29. The van der Waals surface area contributed by atoms with Crippen LogP contribution in [0.2, 0.25) is 0 Å². The molecule has 4 rings (SSSR count). The predicted octanol–water partition coefficient (Wildman–Crippen LogP) is 2.94. The predicted molar refractivity (Wildman–Crippen MR) is 94.2 cm³/mol. The van der Waals surface area contributed by atoms with Crippen molar-refractivity contribution in [3.8, 4) is 5.88 Å². The van der Waals surface area contributed by atoms with Gasteiger partial charge in [-0.3, -0.25) is 4.99 Å². The Hall–Kier alpha value is -1.85. The van der Waals surface area contributed by atoms with Crippen molar-refractivity contribution >= 4 is 16.6 Å². The van der Waals surface area contributed by atoms with Crippen molar-refractivity contribution < 1.29 is 14.6 Å². The van der Waals surface area contributed by atoms with Crippen LogP contribution in [0, 0.1) is 5.92 Å². The molecule has 0 bridgehead atoms. The van der Waals surface area contributed by atoms with Crippen LogP contribution >= 0.6 is 0 Å². The summed E-state index contributed by atoms with van der Waals surface area (Å²) in [6.45, 7) is 7.64. The lowest BCUT2D eigenvalue weighted by molar-refractivity contribution is -0.0312. The number of hydrogen-bond donors (Lipinski definition) is 1. The highest BCUT2D eigenvalue weighted by Crippen LogP contribution is 2.36. The summed E-state index contributed by atoms with van der Waals surface area (Å²) < 4.78 is 12.8. The summed E-state index contributed by atoms with van der Waals surface area (Å²) in [5, 5.41) is 11.9. The summed E-state index contributed by atoms with van der Waals surface area (Å²) >= 11 is 0. The topological polar surface area (TPSA) is 56.0 Å². The molecule has 0 unspecified atom stereocenters. The molecule has 5 nitrogen and oxygen atoms in total. The standard InChI is InChI=1S/C19H24N2O3/c1-12(2)21-17-4-3-13(7-14-9-24-10-14)8-15(17)18(19(21)22)16-11-23-6-5-20-16/h3-4,8,12,14,22H,5-7,9-11H2,1-2H3. The van der Waals surface area contributed by atoms with Crippen molar-refractivity contribution in [3.63, 3.8) is 0 Å². The van der Waals surface area contributed by atoms with Gasteiger partial charge in [0.15, 0.2) is 0 Å². The first-order chi connectivity index (χ1) is 11.6. The van der Waals surface area contributed by atoms with Gasteiger partial charge in [0, 0.05) is 17.3 Å². The Morgan fingerprint density at radius 2 is 2.12 bits per heavy atom. The third-order valence-electron chi connectivity index (χ3n) is 4.86. The zero-order valence-corrected chi connectivity index (χ0v) is 14.3. The number of nitrogens with zero attached hydrogens (tertiary/aromatic N) is 2. The van der Waals surface area contributed by atoms with E-state index >= 15 is 0 Å². The molecule has 2 aromatic rings. The first-order valence-electron chi connectivity index (χ1n) is 8.70. The normalized spacial score (nSPS) is 18.9. The molecule has 5 heteroatoms. The average molecular weight is 328 g/mol. The second-order valence-electron chi connectivity index (χ2n) is 7.00. The Labute approximate surface area is 141 Å². The minimum absolute atomic E-state index is 0.178. The molecule has 0 atom stereocenters. The van der Waals surface area contributed by atoms with Gasteiger partial charge in [-0.2, -0.15) is 0 Å². The molecule has 1 aromatic carbocycles. The summed E-state index contributed by atoms with van der Waals surface area (Å²) in [7, 11) is 0. The van der Waals surface area contributed by atoms with Crippen LogP contribution in [-0.4, -0.2) is 48.4 Å². The van der Waals surface area contributed by atoms with Crippen molar-refractivity contribution in [2.24, 2.45) is 10.9 Å². The van der Waals surface area contributed by atoms with Gasteiger partial charge in [-0.05, 0) is 38.0 Å². The summed E-state index contributed by atoms with van der Waals surface area (Å²) in [6.07, 6.45) is 1.02. The Balaban J connectivity index is 1.85. The second-order valence-corrected chi connectivity index (χ2v) is 7.00. The number of fused-ring (bicyclic) bond motifs is 1. The van der Waals surface area contributed by atoms with Crippen LogP contribution in [0.25, 0.3) is 10.9 Å². The third-order valence-corrected chi connectivity index (χ3v) is 4.86. The summed E-state index contributed by atoms with van der Waals surface area (Å²) in [6, 6.07) is 6.68. The van der Waals surface area contributed by atoms with Gasteiger partial charge in [-0.15, -0.1) is 0 Å². The van der Waals surface area contributed by atoms with E-state index in [9.17, 15) is 5.11 Å². The lowest BCUT2D eigenvalue weighted by atomic mass is 9.96. The van der Waals surface area contributed by atoms with Crippen LogP contribution in [0.3, 0.4) is 0 Å². The Morgan fingerprint density at radius 1 is 1.29 bits per heavy atom. The van der Waals surface area contributed by atoms with Crippen LogP contribution in [-0.2, 0) is 15.9 Å². The molecule has 128 valence electrons. The van der Waals surface area contributed by atoms with E-state index in [0.29, 0.717) is 31.6 Å². The number of aliphatic imine (C=N–C) groups is 1. The van der Waals surface area contributed by atoms with E-state index in [2.05, 4.69) is 37.0 Å². The van der Waals surface area contributed by atoms with E-state index in [1.807, 2.05) is 4.57 Å². The quantitative estimate of drug-likeness (QED) is 0.939. The van der Waals surface area contributed by atoms with Gasteiger partial charge in [-0.25, -0.2) is 0 Å². The van der Waals surface area contributed by atoms with Gasteiger partial charge in [0.1, 0.15) is 0 Å². The zero-order chi connectivity index (χ0) is 16.7. The first-order valence-corrected chi connectivity index (χ1v) is 8.70. The maximum atomic E-state index is 10.9. The van der Waals surface area contributed by atoms with Crippen molar-refractivity contribution in [2.45, 2.75) is 26.3 Å².